The van der Waals surface area contributed by atoms with E-state index in [1.54, 1.807) is 6.26 Å². The molecule has 1 aromatic rings. The fraction of sp³-hybridized carbons (Fsp3) is 0.364. The van der Waals surface area contributed by atoms with Crippen molar-refractivity contribution < 1.29 is 14.4 Å². The van der Waals surface area contributed by atoms with Gasteiger partial charge in [-0.1, -0.05) is 6.07 Å². The van der Waals surface area contributed by atoms with E-state index < -0.39 is 0 Å². The molecule has 1 aliphatic heterocycles. The smallest absolute Gasteiger partial charge is 0.251 e. The molecule has 0 bridgehead atoms. The monoisotopic (exact) mass is 268 g/mol. The third kappa shape index (κ3) is 3.13. The second-order valence-corrected chi connectivity index (χ2v) is 4.47. The zero-order valence-corrected chi connectivity index (χ0v) is 10.6. The Balaban J connectivity index is 2.04. The summed E-state index contributed by atoms with van der Waals surface area (Å²) in [4.78, 5) is 14.2. The maximum absolute atomic E-state index is 10.4. The van der Waals surface area contributed by atoms with Crippen LogP contribution in [-0.4, -0.2) is 29.6 Å². The summed E-state index contributed by atoms with van der Waals surface area (Å²) in [5.74, 6) is 1.42. The number of rotatable bonds is 4. The van der Waals surface area contributed by atoms with E-state index in [2.05, 4.69) is 4.99 Å². The summed E-state index contributed by atoms with van der Waals surface area (Å²) < 4.78 is 10.5. The van der Waals surface area contributed by atoms with Crippen molar-refractivity contribution in [3.05, 3.63) is 33.9 Å². The number of benzene rings is 1. The lowest BCUT2D eigenvalue weighted by molar-refractivity contribution is -0.462. The first-order valence-corrected chi connectivity index (χ1v) is 6.49. The summed E-state index contributed by atoms with van der Waals surface area (Å²) in [6, 6.07) is 5.54. The van der Waals surface area contributed by atoms with Crippen LogP contribution in [0.3, 0.4) is 0 Å². The molecule has 0 aromatic heterocycles. The van der Waals surface area contributed by atoms with Crippen molar-refractivity contribution in [1.82, 2.24) is 0 Å². The van der Waals surface area contributed by atoms with Gasteiger partial charge in [0.05, 0.1) is 6.54 Å². The van der Waals surface area contributed by atoms with Gasteiger partial charge in [-0.15, -0.1) is 11.8 Å². The number of thioether (sulfide) groups is 1. The van der Waals surface area contributed by atoms with Crippen molar-refractivity contribution in [2.75, 3.05) is 19.6 Å². The van der Waals surface area contributed by atoms with Gasteiger partial charge < -0.3 is 9.47 Å². The average molecular weight is 268 g/mol. The Morgan fingerprint density at radius 3 is 3.00 bits per heavy atom. The Morgan fingerprint density at radius 1 is 1.50 bits per heavy atom. The van der Waals surface area contributed by atoms with E-state index >= 15 is 0 Å². The fourth-order valence-corrected chi connectivity index (χ4v) is 1.94. The first-order valence-electron chi connectivity index (χ1n) is 5.26. The Kier molecular flexibility index (Phi) is 4.03. The normalized spacial score (nSPS) is 13.7. The minimum Gasteiger partial charge on any atom is -0.454 e. The quantitative estimate of drug-likeness (QED) is 0.361. The zero-order chi connectivity index (χ0) is 13.0. The molecule has 0 atom stereocenters. The number of nitro groups is 1. The van der Waals surface area contributed by atoms with Crippen LogP contribution in [0.2, 0.25) is 0 Å². The van der Waals surface area contributed by atoms with Crippen molar-refractivity contribution in [3.8, 4) is 11.5 Å². The summed E-state index contributed by atoms with van der Waals surface area (Å²) >= 11 is 1.30. The number of nitrogens with zero attached hydrogens (tertiary/aromatic N) is 2. The fourth-order valence-electron chi connectivity index (χ4n) is 1.51. The molecule has 96 valence electrons. The predicted octanol–water partition coefficient (Wildman–Crippen LogP) is 1.95. The highest BCUT2D eigenvalue weighted by molar-refractivity contribution is 8.13. The van der Waals surface area contributed by atoms with Crippen LogP contribution in [0.15, 0.2) is 23.2 Å². The summed E-state index contributed by atoms with van der Waals surface area (Å²) in [7, 11) is 0. The number of hydrogen-bond acceptors (Lipinski definition) is 6. The Labute approximate surface area is 108 Å². The van der Waals surface area contributed by atoms with Crippen molar-refractivity contribution in [2.45, 2.75) is 6.54 Å². The molecule has 18 heavy (non-hydrogen) atoms. The SMILES string of the molecule is CSC(C[N+](=O)[O-])=NCc1ccc2c(c1)OCO2. The van der Waals surface area contributed by atoms with E-state index in [0.29, 0.717) is 17.3 Å². The van der Waals surface area contributed by atoms with Crippen LogP contribution in [0.5, 0.6) is 11.5 Å². The highest BCUT2D eigenvalue weighted by Gasteiger charge is 2.13. The van der Waals surface area contributed by atoms with Crippen molar-refractivity contribution in [2.24, 2.45) is 4.99 Å². The van der Waals surface area contributed by atoms with Crippen molar-refractivity contribution in [1.29, 1.82) is 0 Å². The molecule has 7 heteroatoms. The molecule has 0 amide bonds. The van der Waals surface area contributed by atoms with Crippen LogP contribution in [-0.2, 0) is 6.54 Å². The third-order valence-electron chi connectivity index (χ3n) is 2.37. The van der Waals surface area contributed by atoms with Crippen molar-refractivity contribution in [3.63, 3.8) is 0 Å². The molecular weight excluding hydrogens is 256 g/mol. The van der Waals surface area contributed by atoms with Gasteiger partial charge in [-0.05, 0) is 24.0 Å². The summed E-state index contributed by atoms with van der Waals surface area (Å²) in [5, 5.41) is 10.9. The van der Waals surface area contributed by atoms with Crippen LogP contribution in [0.4, 0.5) is 0 Å². The van der Waals surface area contributed by atoms with E-state index in [-0.39, 0.29) is 18.3 Å². The number of fused-ring (bicyclic) bond motifs is 1. The third-order valence-corrected chi connectivity index (χ3v) is 3.10. The van der Waals surface area contributed by atoms with Gasteiger partial charge in [0.15, 0.2) is 11.5 Å². The topological polar surface area (TPSA) is 74.0 Å². The molecule has 2 rings (SSSR count). The standard InChI is InChI=1S/C11H12N2O4S/c1-18-11(6-13(14)15)12-5-8-2-3-9-10(4-8)17-7-16-9/h2-4H,5-7H2,1H3. The predicted molar refractivity (Wildman–Crippen MR) is 69.1 cm³/mol. The van der Waals surface area contributed by atoms with E-state index in [4.69, 9.17) is 9.47 Å². The van der Waals surface area contributed by atoms with Crippen LogP contribution in [0.1, 0.15) is 5.56 Å². The molecule has 0 fully saturated rings. The van der Waals surface area contributed by atoms with Gasteiger partial charge in [0.2, 0.25) is 6.79 Å². The Morgan fingerprint density at radius 2 is 2.28 bits per heavy atom. The Hall–Kier alpha value is -1.76. The van der Waals surface area contributed by atoms with Crippen LogP contribution >= 0.6 is 11.8 Å². The van der Waals surface area contributed by atoms with E-state index in [9.17, 15) is 10.1 Å². The van der Waals surface area contributed by atoms with Gasteiger partial charge in [-0.25, -0.2) is 0 Å². The second-order valence-electron chi connectivity index (χ2n) is 3.59. The molecule has 0 spiro atoms. The molecule has 0 radical (unpaired) electrons. The van der Waals surface area contributed by atoms with Crippen LogP contribution in [0, 0.1) is 10.1 Å². The zero-order valence-electron chi connectivity index (χ0n) is 9.79. The number of hydrogen-bond donors (Lipinski definition) is 0. The van der Waals surface area contributed by atoms with E-state index in [0.717, 1.165) is 11.3 Å². The minimum absolute atomic E-state index is 0.230. The summed E-state index contributed by atoms with van der Waals surface area (Å²) in [6.45, 7) is 0.409. The lowest BCUT2D eigenvalue weighted by Gasteiger charge is -2.01. The minimum atomic E-state index is -0.380. The first kappa shape index (κ1) is 12.7. The van der Waals surface area contributed by atoms with Gasteiger partial charge in [-0.2, -0.15) is 0 Å². The molecular formula is C11H12N2O4S. The second kappa shape index (κ2) is 5.72. The Bertz CT molecular complexity index is 490. The molecule has 1 heterocycles. The van der Waals surface area contributed by atoms with Gasteiger partial charge in [0, 0.05) is 4.92 Å². The summed E-state index contributed by atoms with van der Waals surface area (Å²) in [6.07, 6.45) is 1.78. The molecule has 6 nitrogen and oxygen atoms in total. The average Bonchev–Trinajstić information content (AvgIpc) is 2.81. The maximum Gasteiger partial charge on any atom is 0.251 e. The molecule has 0 aliphatic carbocycles. The van der Waals surface area contributed by atoms with E-state index in [1.165, 1.54) is 11.8 Å². The molecule has 0 unspecified atom stereocenters. The highest BCUT2D eigenvalue weighted by Crippen LogP contribution is 2.32. The van der Waals surface area contributed by atoms with Gasteiger partial charge in [0.1, 0.15) is 5.04 Å². The molecule has 1 aromatic carbocycles. The van der Waals surface area contributed by atoms with Crippen molar-refractivity contribution >= 4 is 16.8 Å². The molecule has 1 aliphatic rings. The first-order chi connectivity index (χ1) is 8.69. The van der Waals surface area contributed by atoms with Crippen LogP contribution in [0.25, 0.3) is 0 Å². The van der Waals surface area contributed by atoms with Gasteiger partial charge in [-0.3, -0.25) is 15.1 Å². The number of aliphatic imine (C=N–C) groups is 1. The molecule has 0 saturated carbocycles. The lowest BCUT2D eigenvalue weighted by Crippen LogP contribution is -2.10. The molecule has 0 N–H and O–H groups in total. The van der Waals surface area contributed by atoms with Crippen LogP contribution < -0.4 is 9.47 Å². The lowest BCUT2D eigenvalue weighted by atomic mass is 10.2. The number of ether oxygens (including phenoxy) is 2. The highest BCUT2D eigenvalue weighted by atomic mass is 32.2. The van der Waals surface area contributed by atoms with Gasteiger partial charge in [0.25, 0.3) is 6.54 Å². The largest absolute Gasteiger partial charge is 0.454 e. The van der Waals surface area contributed by atoms with Gasteiger partial charge >= 0.3 is 0 Å². The van der Waals surface area contributed by atoms with E-state index in [1.807, 2.05) is 18.2 Å². The molecule has 0 saturated heterocycles. The maximum atomic E-state index is 10.4. The summed E-state index contributed by atoms with van der Waals surface area (Å²) in [5.41, 5.74) is 0.939.